The lowest BCUT2D eigenvalue weighted by atomic mass is 10.1. The Morgan fingerprint density at radius 3 is 2.75 bits per heavy atom. The molecule has 0 bridgehead atoms. The van der Waals surface area contributed by atoms with Crippen molar-refractivity contribution in [3.63, 3.8) is 0 Å². The van der Waals surface area contributed by atoms with E-state index in [1.807, 2.05) is 6.92 Å². The van der Waals surface area contributed by atoms with E-state index in [-0.39, 0.29) is 34.7 Å². The molecule has 1 atom stereocenters. The second-order valence-electron chi connectivity index (χ2n) is 6.62. The van der Waals surface area contributed by atoms with E-state index < -0.39 is 16.0 Å². The number of carbonyl (C=O) groups excluding carboxylic acids is 1. The minimum atomic E-state index is -3.81. The van der Waals surface area contributed by atoms with Gasteiger partial charge in [0, 0.05) is 19.5 Å². The molecule has 1 aromatic carbocycles. The highest BCUT2D eigenvalue weighted by Gasteiger charge is 2.33. The summed E-state index contributed by atoms with van der Waals surface area (Å²) in [7, 11) is -2.42. The van der Waals surface area contributed by atoms with Gasteiger partial charge in [-0.3, -0.25) is 0 Å². The lowest BCUT2D eigenvalue weighted by Gasteiger charge is -2.32. The Morgan fingerprint density at radius 1 is 1.32 bits per heavy atom. The van der Waals surface area contributed by atoms with E-state index in [0.29, 0.717) is 12.4 Å². The molecular formula is C18H23N3O6S. The van der Waals surface area contributed by atoms with Crippen LogP contribution < -0.4 is 4.74 Å². The van der Waals surface area contributed by atoms with E-state index in [0.717, 1.165) is 19.3 Å². The molecule has 2 aromatic rings. The van der Waals surface area contributed by atoms with Crippen molar-refractivity contribution in [1.82, 2.24) is 14.5 Å². The summed E-state index contributed by atoms with van der Waals surface area (Å²) < 4.78 is 43.4. The van der Waals surface area contributed by atoms with Gasteiger partial charge in [-0.1, -0.05) is 6.42 Å². The molecule has 1 aliphatic rings. The van der Waals surface area contributed by atoms with Gasteiger partial charge in [0.1, 0.15) is 10.6 Å². The van der Waals surface area contributed by atoms with Gasteiger partial charge in [-0.05, 0) is 38.0 Å². The topological polar surface area (TPSA) is 112 Å². The number of methoxy groups -OCH3 is 1. The molecule has 152 valence electrons. The Hall–Kier alpha value is -2.46. The summed E-state index contributed by atoms with van der Waals surface area (Å²) in [5, 5.41) is 7.40. The second kappa shape index (κ2) is 8.27. The number of ether oxygens (including phenoxy) is 2. The van der Waals surface area contributed by atoms with E-state index in [4.69, 9.17) is 13.9 Å². The third-order valence-electron chi connectivity index (χ3n) is 4.62. The Morgan fingerprint density at radius 2 is 2.11 bits per heavy atom. The van der Waals surface area contributed by atoms with Crippen LogP contribution in [0.3, 0.4) is 0 Å². The smallest absolute Gasteiger partial charge is 0.338 e. The predicted molar refractivity (Wildman–Crippen MR) is 98.4 cm³/mol. The Labute approximate surface area is 163 Å². The first-order valence-corrected chi connectivity index (χ1v) is 10.4. The van der Waals surface area contributed by atoms with Gasteiger partial charge in [-0.15, -0.1) is 10.2 Å². The first-order chi connectivity index (χ1) is 13.3. The first kappa shape index (κ1) is 20.3. The summed E-state index contributed by atoms with van der Waals surface area (Å²) in [4.78, 5) is 12.3. The van der Waals surface area contributed by atoms with E-state index in [1.165, 1.54) is 29.6 Å². The molecule has 0 N–H and O–H groups in total. The number of nitrogens with zero attached hydrogens (tertiary/aromatic N) is 3. The molecule has 1 aromatic heterocycles. The number of aryl methyl sites for hydroxylation is 1. The molecule has 0 spiro atoms. The maximum atomic E-state index is 13.2. The molecule has 0 unspecified atom stereocenters. The van der Waals surface area contributed by atoms with Crippen LogP contribution in [0.2, 0.25) is 0 Å². The van der Waals surface area contributed by atoms with Crippen LogP contribution >= 0.6 is 0 Å². The van der Waals surface area contributed by atoms with Crippen molar-refractivity contribution in [2.45, 2.75) is 50.7 Å². The normalized spacial score (nSPS) is 18.0. The molecule has 1 aliphatic heterocycles. The van der Waals surface area contributed by atoms with Crippen molar-refractivity contribution in [2.24, 2.45) is 0 Å². The average molecular weight is 409 g/mol. The van der Waals surface area contributed by atoms with Gasteiger partial charge in [0.15, 0.2) is 6.61 Å². The van der Waals surface area contributed by atoms with Crippen LogP contribution in [0.4, 0.5) is 0 Å². The maximum absolute atomic E-state index is 13.2. The third kappa shape index (κ3) is 4.17. The molecule has 0 radical (unpaired) electrons. The third-order valence-corrected chi connectivity index (χ3v) is 6.66. The van der Waals surface area contributed by atoms with E-state index in [1.54, 1.807) is 6.92 Å². The summed E-state index contributed by atoms with van der Waals surface area (Å²) in [5.41, 5.74) is 0.0975. The SMILES string of the molecule is COc1ccc(C(=O)OCc2nnc(C)o2)cc1S(=O)(=O)N1CCCC[C@@H]1C. The summed E-state index contributed by atoms with van der Waals surface area (Å²) >= 11 is 0. The van der Waals surface area contributed by atoms with Gasteiger partial charge in [-0.2, -0.15) is 4.31 Å². The summed E-state index contributed by atoms with van der Waals surface area (Å²) in [6.45, 7) is 3.75. The van der Waals surface area contributed by atoms with Crippen LogP contribution in [-0.2, 0) is 21.4 Å². The van der Waals surface area contributed by atoms with Crippen LogP contribution in [-0.4, -0.2) is 48.6 Å². The largest absolute Gasteiger partial charge is 0.495 e. The highest BCUT2D eigenvalue weighted by molar-refractivity contribution is 7.89. The molecule has 9 nitrogen and oxygen atoms in total. The van der Waals surface area contributed by atoms with Crippen LogP contribution in [0.25, 0.3) is 0 Å². The Balaban J connectivity index is 1.85. The van der Waals surface area contributed by atoms with Gasteiger partial charge in [0.25, 0.3) is 5.89 Å². The minimum absolute atomic E-state index is 0.0492. The van der Waals surface area contributed by atoms with Crippen molar-refractivity contribution in [3.05, 3.63) is 35.5 Å². The molecule has 2 heterocycles. The number of piperidine rings is 1. The fraction of sp³-hybridized carbons (Fsp3) is 0.500. The second-order valence-corrected chi connectivity index (χ2v) is 8.48. The molecule has 1 saturated heterocycles. The number of benzene rings is 1. The fourth-order valence-corrected chi connectivity index (χ4v) is 5.05. The van der Waals surface area contributed by atoms with E-state index in [9.17, 15) is 13.2 Å². The molecule has 10 heteroatoms. The predicted octanol–water partition coefficient (Wildman–Crippen LogP) is 2.31. The van der Waals surface area contributed by atoms with Crippen LogP contribution in [0.15, 0.2) is 27.5 Å². The standard InChI is InChI=1S/C18H23N3O6S/c1-12-6-4-5-9-21(12)28(23,24)16-10-14(7-8-15(16)25-3)18(22)26-11-17-20-19-13(2)27-17/h7-8,10,12H,4-6,9,11H2,1-3H3/t12-/m0/s1. The number of hydrogen-bond donors (Lipinski definition) is 0. The van der Waals surface area contributed by atoms with Crippen molar-refractivity contribution in [2.75, 3.05) is 13.7 Å². The van der Waals surface area contributed by atoms with Gasteiger partial charge < -0.3 is 13.9 Å². The highest BCUT2D eigenvalue weighted by Crippen LogP contribution is 2.31. The summed E-state index contributed by atoms with van der Waals surface area (Å²) in [5.74, 6) is 0.0115. The zero-order chi connectivity index (χ0) is 20.3. The zero-order valence-electron chi connectivity index (χ0n) is 16.0. The number of rotatable bonds is 6. The van der Waals surface area contributed by atoms with Gasteiger partial charge in [0.2, 0.25) is 15.9 Å². The lowest BCUT2D eigenvalue weighted by molar-refractivity contribution is 0.0436. The van der Waals surface area contributed by atoms with Gasteiger partial charge >= 0.3 is 5.97 Å². The van der Waals surface area contributed by atoms with Gasteiger partial charge in [-0.25, -0.2) is 13.2 Å². The molecule has 0 amide bonds. The number of aromatic nitrogens is 2. The van der Waals surface area contributed by atoms with E-state index >= 15 is 0 Å². The summed E-state index contributed by atoms with van der Waals surface area (Å²) in [6, 6.07) is 4.09. The van der Waals surface area contributed by atoms with Crippen LogP contribution in [0.1, 0.15) is 48.3 Å². The molecule has 1 fully saturated rings. The van der Waals surface area contributed by atoms with Crippen molar-refractivity contribution in [1.29, 1.82) is 0 Å². The van der Waals surface area contributed by atoms with Crippen molar-refractivity contribution < 1.29 is 27.1 Å². The molecule has 0 saturated carbocycles. The minimum Gasteiger partial charge on any atom is -0.495 e. The molecule has 28 heavy (non-hydrogen) atoms. The van der Waals surface area contributed by atoms with Crippen molar-refractivity contribution in [3.8, 4) is 5.75 Å². The first-order valence-electron chi connectivity index (χ1n) is 8.99. The maximum Gasteiger partial charge on any atom is 0.338 e. The zero-order valence-corrected chi connectivity index (χ0v) is 16.9. The number of esters is 1. The molecular weight excluding hydrogens is 386 g/mol. The number of carbonyl (C=O) groups is 1. The average Bonchev–Trinajstić information content (AvgIpc) is 3.11. The quantitative estimate of drug-likeness (QED) is 0.668. The van der Waals surface area contributed by atoms with Crippen LogP contribution in [0.5, 0.6) is 5.75 Å². The highest BCUT2D eigenvalue weighted by atomic mass is 32.2. The summed E-state index contributed by atoms with van der Waals surface area (Å²) in [6.07, 6.45) is 2.59. The number of hydrogen-bond acceptors (Lipinski definition) is 8. The lowest BCUT2D eigenvalue weighted by Crippen LogP contribution is -2.42. The van der Waals surface area contributed by atoms with Crippen molar-refractivity contribution >= 4 is 16.0 Å². The number of sulfonamides is 1. The van der Waals surface area contributed by atoms with E-state index in [2.05, 4.69) is 10.2 Å². The van der Waals surface area contributed by atoms with Gasteiger partial charge in [0.05, 0.1) is 12.7 Å². The van der Waals surface area contributed by atoms with Crippen LogP contribution in [0, 0.1) is 6.92 Å². The molecule has 0 aliphatic carbocycles. The Bertz CT molecular complexity index is 956. The Kier molecular flexibility index (Phi) is 5.99. The monoisotopic (exact) mass is 409 g/mol. The fourth-order valence-electron chi connectivity index (χ4n) is 3.17. The molecule has 3 rings (SSSR count).